The summed E-state index contributed by atoms with van der Waals surface area (Å²) < 4.78 is 36.4. The van der Waals surface area contributed by atoms with Crippen molar-refractivity contribution in [2.75, 3.05) is 6.79 Å². The number of sulfonamides is 1. The zero-order chi connectivity index (χ0) is 16.2. The molecule has 0 saturated carbocycles. The van der Waals surface area contributed by atoms with Crippen molar-refractivity contribution in [1.82, 2.24) is 4.31 Å². The van der Waals surface area contributed by atoms with Crippen LogP contribution in [0.3, 0.4) is 0 Å². The minimum absolute atomic E-state index is 0.0249. The summed E-state index contributed by atoms with van der Waals surface area (Å²) in [5.74, 6) is 0.317. The Kier molecular flexibility index (Phi) is 3.04. The van der Waals surface area contributed by atoms with Gasteiger partial charge in [-0.15, -0.1) is 0 Å². The van der Waals surface area contributed by atoms with Crippen LogP contribution >= 0.6 is 11.6 Å². The Bertz CT molecular complexity index is 941. The van der Waals surface area contributed by atoms with Gasteiger partial charge >= 0.3 is 0 Å². The third-order valence-corrected chi connectivity index (χ3v) is 5.79. The Labute approximate surface area is 137 Å². The van der Waals surface area contributed by atoms with Crippen molar-refractivity contribution >= 4 is 27.5 Å². The van der Waals surface area contributed by atoms with E-state index in [0.717, 1.165) is 4.31 Å². The lowest BCUT2D eigenvalue weighted by molar-refractivity contribution is 0.0865. The van der Waals surface area contributed by atoms with Crippen LogP contribution in [0.4, 0.5) is 0 Å². The van der Waals surface area contributed by atoms with E-state index in [0.29, 0.717) is 22.1 Å². The second kappa shape index (κ2) is 4.87. The highest BCUT2D eigenvalue weighted by atomic mass is 35.5. The van der Waals surface area contributed by atoms with Crippen LogP contribution in [0.5, 0.6) is 11.5 Å². The molecule has 23 heavy (non-hydrogen) atoms. The molecule has 0 N–H and O–H groups in total. The van der Waals surface area contributed by atoms with Crippen molar-refractivity contribution in [1.29, 1.82) is 0 Å². The first-order chi connectivity index (χ1) is 11.0. The standard InChI is InChI=1S/C15H10ClNO5S/c16-11-5-9(6-12-14(11)22-8-21-12)7-17-15(18)10-3-1-2-4-13(10)23(17,19)20/h1-6H,7-8H2. The van der Waals surface area contributed by atoms with E-state index in [4.69, 9.17) is 21.1 Å². The lowest BCUT2D eigenvalue weighted by Gasteiger charge is -2.15. The lowest BCUT2D eigenvalue weighted by Crippen LogP contribution is -2.29. The summed E-state index contributed by atoms with van der Waals surface area (Å²) in [7, 11) is -3.85. The maximum Gasteiger partial charge on any atom is 0.269 e. The van der Waals surface area contributed by atoms with Gasteiger partial charge in [-0.1, -0.05) is 23.7 Å². The zero-order valence-corrected chi connectivity index (χ0v) is 13.2. The van der Waals surface area contributed by atoms with Crippen molar-refractivity contribution in [3.63, 3.8) is 0 Å². The van der Waals surface area contributed by atoms with Crippen molar-refractivity contribution < 1.29 is 22.7 Å². The van der Waals surface area contributed by atoms with E-state index >= 15 is 0 Å². The molecule has 8 heteroatoms. The first kappa shape index (κ1) is 14.3. The lowest BCUT2D eigenvalue weighted by atomic mass is 10.1. The molecule has 0 bridgehead atoms. The number of nitrogens with zero attached hydrogens (tertiary/aromatic N) is 1. The van der Waals surface area contributed by atoms with Gasteiger partial charge in [0.25, 0.3) is 15.9 Å². The van der Waals surface area contributed by atoms with Gasteiger partial charge in [0.15, 0.2) is 11.5 Å². The number of halogens is 1. The molecule has 2 aliphatic rings. The molecule has 0 spiro atoms. The molecule has 0 aromatic heterocycles. The molecule has 2 heterocycles. The summed E-state index contributed by atoms with van der Waals surface area (Å²) in [6, 6.07) is 9.34. The number of hydrogen-bond donors (Lipinski definition) is 0. The van der Waals surface area contributed by atoms with Crippen LogP contribution in [0.1, 0.15) is 15.9 Å². The molecule has 4 rings (SSSR count). The predicted octanol–water partition coefficient (Wildman–Crippen LogP) is 2.41. The molecule has 0 atom stereocenters. The number of amides is 1. The van der Waals surface area contributed by atoms with Gasteiger partial charge < -0.3 is 9.47 Å². The first-order valence-electron chi connectivity index (χ1n) is 6.72. The molecular formula is C15H10ClNO5S. The summed E-state index contributed by atoms with van der Waals surface area (Å²) >= 11 is 6.10. The fourth-order valence-corrected chi connectivity index (χ4v) is 4.51. The van der Waals surface area contributed by atoms with E-state index in [1.54, 1.807) is 24.3 Å². The van der Waals surface area contributed by atoms with Crippen LogP contribution in [0, 0.1) is 0 Å². The number of ether oxygens (including phenoxy) is 2. The van der Waals surface area contributed by atoms with Crippen molar-refractivity contribution in [3.8, 4) is 11.5 Å². The van der Waals surface area contributed by atoms with Crippen LogP contribution in [0.2, 0.25) is 5.02 Å². The van der Waals surface area contributed by atoms with Gasteiger partial charge in [0.05, 0.1) is 17.1 Å². The van der Waals surface area contributed by atoms with Crippen molar-refractivity contribution in [2.45, 2.75) is 11.4 Å². The molecule has 0 aliphatic carbocycles. The van der Waals surface area contributed by atoms with Crippen molar-refractivity contribution in [3.05, 3.63) is 52.5 Å². The maximum atomic E-state index is 12.5. The molecule has 2 aromatic rings. The minimum atomic E-state index is -3.85. The fraction of sp³-hybridized carbons (Fsp3) is 0.133. The summed E-state index contributed by atoms with van der Waals surface area (Å²) in [6.45, 7) is -0.0584. The van der Waals surface area contributed by atoms with E-state index in [2.05, 4.69) is 0 Å². The summed E-state index contributed by atoms with van der Waals surface area (Å²) in [4.78, 5) is 12.4. The normalized spacial score (nSPS) is 17.4. The van der Waals surface area contributed by atoms with Crippen LogP contribution in [0.15, 0.2) is 41.3 Å². The molecule has 2 aromatic carbocycles. The second-order valence-electron chi connectivity index (χ2n) is 5.12. The molecular weight excluding hydrogens is 342 g/mol. The Morgan fingerprint density at radius 2 is 1.96 bits per heavy atom. The van der Waals surface area contributed by atoms with E-state index in [9.17, 15) is 13.2 Å². The topological polar surface area (TPSA) is 72.9 Å². The summed E-state index contributed by atoms with van der Waals surface area (Å²) in [5.41, 5.74) is 0.725. The Hall–Kier alpha value is -2.25. The predicted molar refractivity (Wildman–Crippen MR) is 81.1 cm³/mol. The van der Waals surface area contributed by atoms with E-state index in [1.807, 2.05) is 0 Å². The molecule has 0 radical (unpaired) electrons. The number of hydrogen-bond acceptors (Lipinski definition) is 5. The van der Waals surface area contributed by atoms with Crippen LogP contribution in [-0.2, 0) is 16.6 Å². The van der Waals surface area contributed by atoms with Gasteiger partial charge in [-0.2, -0.15) is 0 Å². The second-order valence-corrected chi connectivity index (χ2v) is 7.36. The Morgan fingerprint density at radius 1 is 1.17 bits per heavy atom. The summed E-state index contributed by atoms with van der Waals surface area (Å²) in [5, 5.41) is 0.316. The SMILES string of the molecule is O=C1c2ccccc2S(=O)(=O)N1Cc1cc(Cl)c2c(c1)OCO2. The minimum Gasteiger partial charge on any atom is -0.454 e. The Balaban J connectivity index is 1.74. The van der Waals surface area contributed by atoms with Crippen LogP contribution in [0.25, 0.3) is 0 Å². The van der Waals surface area contributed by atoms with Gasteiger partial charge in [-0.25, -0.2) is 12.7 Å². The van der Waals surface area contributed by atoms with E-state index < -0.39 is 15.9 Å². The third-order valence-electron chi connectivity index (χ3n) is 3.73. The average molecular weight is 352 g/mol. The molecule has 1 amide bonds. The van der Waals surface area contributed by atoms with Crippen LogP contribution in [-0.4, -0.2) is 25.4 Å². The average Bonchev–Trinajstić information content (AvgIpc) is 3.06. The van der Waals surface area contributed by atoms with E-state index in [1.165, 1.54) is 12.1 Å². The highest BCUT2D eigenvalue weighted by molar-refractivity contribution is 7.90. The van der Waals surface area contributed by atoms with Gasteiger partial charge in [0, 0.05) is 0 Å². The van der Waals surface area contributed by atoms with Crippen LogP contribution < -0.4 is 9.47 Å². The van der Waals surface area contributed by atoms with Gasteiger partial charge in [-0.3, -0.25) is 4.79 Å². The van der Waals surface area contributed by atoms with Gasteiger partial charge in [-0.05, 0) is 29.8 Å². The third kappa shape index (κ3) is 2.08. The first-order valence-corrected chi connectivity index (χ1v) is 8.54. The maximum absolute atomic E-state index is 12.5. The zero-order valence-electron chi connectivity index (χ0n) is 11.7. The smallest absolute Gasteiger partial charge is 0.269 e. The monoisotopic (exact) mass is 351 g/mol. The number of fused-ring (bicyclic) bond motifs is 2. The molecule has 6 nitrogen and oxygen atoms in total. The molecule has 2 aliphatic heterocycles. The molecule has 0 fully saturated rings. The molecule has 118 valence electrons. The van der Waals surface area contributed by atoms with E-state index in [-0.39, 0.29) is 23.8 Å². The summed E-state index contributed by atoms with van der Waals surface area (Å²) in [6.07, 6.45) is 0. The number of rotatable bonds is 2. The quantitative estimate of drug-likeness (QED) is 0.830. The van der Waals surface area contributed by atoms with Gasteiger partial charge in [0.1, 0.15) is 4.90 Å². The van der Waals surface area contributed by atoms with Crippen molar-refractivity contribution in [2.24, 2.45) is 0 Å². The molecule has 0 saturated heterocycles. The highest BCUT2D eigenvalue weighted by Crippen LogP contribution is 2.41. The molecule has 0 unspecified atom stereocenters. The fourth-order valence-electron chi connectivity index (χ4n) is 2.67. The highest BCUT2D eigenvalue weighted by Gasteiger charge is 2.40. The van der Waals surface area contributed by atoms with Gasteiger partial charge in [0.2, 0.25) is 6.79 Å². The Morgan fingerprint density at radius 3 is 2.74 bits per heavy atom. The largest absolute Gasteiger partial charge is 0.454 e. The number of benzene rings is 2. The number of carbonyl (C=O) groups is 1. The number of carbonyl (C=O) groups excluding carboxylic acids is 1.